The van der Waals surface area contributed by atoms with E-state index in [1.165, 1.54) is 30.5 Å². The molecule has 2 aromatic rings. The lowest BCUT2D eigenvalue weighted by molar-refractivity contribution is -0.206. The number of hydrogen-bond donors (Lipinski definition) is 1. The Hall–Kier alpha value is -2.41. The van der Waals surface area contributed by atoms with E-state index < -0.39 is 12.3 Å². The first-order valence-corrected chi connectivity index (χ1v) is 6.33. The third-order valence-electron chi connectivity index (χ3n) is 2.77. The molecule has 0 aliphatic carbocycles. The van der Waals surface area contributed by atoms with E-state index in [9.17, 15) is 18.3 Å². The van der Waals surface area contributed by atoms with Crippen LogP contribution < -0.4 is 4.74 Å². The lowest BCUT2D eigenvalue weighted by atomic mass is 10.0. The molecule has 1 unspecified atom stereocenters. The maximum Gasteiger partial charge on any atom is 0.418 e. The van der Waals surface area contributed by atoms with Crippen LogP contribution in [-0.4, -0.2) is 27.9 Å². The number of hydrogen-bond acceptors (Lipinski definition) is 4. The standard InChI is InChI=1S/C15H13F3N2O2/c1-2-8-22-14-19-7-6-12(20-14)10-4-3-5-11(9-10)13(21)15(16,17)18/h2-7,9,13,21H,1,8H2. The van der Waals surface area contributed by atoms with Crippen LogP contribution in [0.1, 0.15) is 11.7 Å². The minimum absolute atomic E-state index is 0.0965. The Morgan fingerprint density at radius 3 is 2.77 bits per heavy atom. The van der Waals surface area contributed by atoms with Gasteiger partial charge in [0.05, 0.1) is 5.69 Å². The Bertz CT molecular complexity index is 659. The van der Waals surface area contributed by atoms with E-state index >= 15 is 0 Å². The van der Waals surface area contributed by atoms with E-state index in [1.807, 2.05) is 0 Å². The summed E-state index contributed by atoms with van der Waals surface area (Å²) >= 11 is 0. The van der Waals surface area contributed by atoms with Gasteiger partial charge in [-0.25, -0.2) is 4.98 Å². The Labute approximate surface area is 124 Å². The number of alkyl halides is 3. The number of aliphatic hydroxyl groups excluding tert-OH is 1. The molecule has 1 heterocycles. The van der Waals surface area contributed by atoms with Crippen LogP contribution in [-0.2, 0) is 0 Å². The molecule has 0 spiro atoms. The lowest BCUT2D eigenvalue weighted by Gasteiger charge is -2.15. The van der Waals surface area contributed by atoms with Gasteiger partial charge in [0, 0.05) is 11.8 Å². The first-order valence-electron chi connectivity index (χ1n) is 6.33. The normalized spacial score (nSPS) is 12.7. The van der Waals surface area contributed by atoms with Crippen molar-refractivity contribution in [2.75, 3.05) is 6.61 Å². The van der Waals surface area contributed by atoms with E-state index in [1.54, 1.807) is 12.1 Å². The van der Waals surface area contributed by atoms with Crippen LogP contribution in [0.5, 0.6) is 6.01 Å². The molecule has 1 aromatic heterocycles. The summed E-state index contributed by atoms with van der Waals surface area (Å²) in [5.74, 6) is 0. The molecule has 2 rings (SSSR count). The van der Waals surface area contributed by atoms with E-state index in [-0.39, 0.29) is 18.2 Å². The molecule has 0 radical (unpaired) electrons. The fourth-order valence-electron chi connectivity index (χ4n) is 1.76. The molecule has 0 fully saturated rings. The van der Waals surface area contributed by atoms with Gasteiger partial charge in [0.25, 0.3) is 0 Å². The molecule has 1 atom stereocenters. The highest BCUT2D eigenvalue weighted by Gasteiger charge is 2.39. The quantitative estimate of drug-likeness (QED) is 0.861. The van der Waals surface area contributed by atoms with Crippen molar-refractivity contribution in [1.82, 2.24) is 9.97 Å². The molecule has 0 aliphatic rings. The maximum atomic E-state index is 12.6. The van der Waals surface area contributed by atoms with Gasteiger partial charge >= 0.3 is 12.2 Å². The van der Waals surface area contributed by atoms with Gasteiger partial charge in [-0.2, -0.15) is 18.2 Å². The van der Waals surface area contributed by atoms with Gasteiger partial charge in [0.1, 0.15) is 6.61 Å². The van der Waals surface area contributed by atoms with Crippen molar-refractivity contribution in [2.24, 2.45) is 0 Å². The van der Waals surface area contributed by atoms with Crippen LogP contribution in [0.3, 0.4) is 0 Å². The minimum Gasteiger partial charge on any atom is -0.459 e. The summed E-state index contributed by atoms with van der Waals surface area (Å²) in [5, 5.41) is 9.31. The Morgan fingerprint density at radius 1 is 1.32 bits per heavy atom. The third-order valence-corrected chi connectivity index (χ3v) is 2.77. The van der Waals surface area contributed by atoms with Gasteiger partial charge in [-0.3, -0.25) is 0 Å². The average Bonchev–Trinajstić information content (AvgIpc) is 2.51. The van der Waals surface area contributed by atoms with E-state index in [2.05, 4.69) is 16.5 Å². The lowest BCUT2D eigenvalue weighted by Crippen LogP contribution is -2.20. The monoisotopic (exact) mass is 310 g/mol. The molecule has 0 saturated heterocycles. The van der Waals surface area contributed by atoms with Crippen LogP contribution >= 0.6 is 0 Å². The molecule has 0 bridgehead atoms. The summed E-state index contributed by atoms with van der Waals surface area (Å²) in [6.45, 7) is 3.71. The van der Waals surface area contributed by atoms with Gasteiger partial charge in [0.15, 0.2) is 6.10 Å². The fourth-order valence-corrected chi connectivity index (χ4v) is 1.76. The van der Waals surface area contributed by atoms with E-state index in [0.717, 1.165) is 0 Å². The fraction of sp³-hybridized carbons (Fsp3) is 0.200. The minimum atomic E-state index is -4.72. The Kier molecular flexibility index (Phi) is 4.77. The summed E-state index contributed by atoms with van der Waals surface area (Å²) in [7, 11) is 0. The summed E-state index contributed by atoms with van der Waals surface area (Å²) < 4.78 is 42.9. The van der Waals surface area contributed by atoms with Gasteiger partial charge < -0.3 is 9.84 Å². The highest BCUT2D eigenvalue weighted by molar-refractivity contribution is 5.60. The zero-order chi connectivity index (χ0) is 16.2. The zero-order valence-electron chi connectivity index (χ0n) is 11.4. The molecule has 1 aromatic carbocycles. The van der Waals surface area contributed by atoms with Crippen molar-refractivity contribution in [3.8, 4) is 17.3 Å². The van der Waals surface area contributed by atoms with Crippen LogP contribution in [0.25, 0.3) is 11.3 Å². The summed E-state index contributed by atoms with van der Waals surface area (Å²) in [6.07, 6.45) is -4.29. The Balaban J connectivity index is 2.31. The van der Waals surface area contributed by atoms with Crippen molar-refractivity contribution in [3.05, 3.63) is 54.7 Å². The van der Waals surface area contributed by atoms with Crippen LogP contribution in [0.4, 0.5) is 13.2 Å². The van der Waals surface area contributed by atoms with Crippen molar-refractivity contribution < 1.29 is 23.0 Å². The van der Waals surface area contributed by atoms with Crippen LogP contribution in [0.2, 0.25) is 0 Å². The average molecular weight is 310 g/mol. The number of nitrogens with zero attached hydrogens (tertiary/aromatic N) is 2. The van der Waals surface area contributed by atoms with Crippen molar-refractivity contribution in [1.29, 1.82) is 0 Å². The van der Waals surface area contributed by atoms with Crippen LogP contribution in [0, 0.1) is 0 Å². The number of rotatable bonds is 5. The molecular weight excluding hydrogens is 297 g/mol. The second-order valence-electron chi connectivity index (χ2n) is 4.39. The predicted molar refractivity (Wildman–Crippen MR) is 74.2 cm³/mol. The van der Waals surface area contributed by atoms with Crippen molar-refractivity contribution >= 4 is 0 Å². The number of benzene rings is 1. The first-order chi connectivity index (χ1) is 10.4. The molecular formula is C15H13F3N2O2. The Morgan fingerprint density at radius 2 is 2.09 bits per heavy atom. The SMILES string of the molecule is C=CCOc1nccc(-c2cccc(C(O)C(F)(F)F)c2)n1. The summed E-state index contributed by atoms with van der Waals surface area (Å²) in [6, 6.07) is 7.09. The number of aliphatic hydroxyl groups is 1. The zero-order valence-corrected chi connectivity index (χ0v) is 11.4. The molecule has 0 saturated carbocycles. The smallest absolute Gasteiger partial charge is 0.418 e. The predicted octanol–water partition coefficient (Wildman–Crippen LogP) is 3.30. The maximum absolute atomic E-state index is 12.6. The number of ether oxygens (including phenoxy) is 1. The van der Waals surface area contributed by atoms with E-state index in [4.69, 9.17) is 4.74 Å². The molecule has 0 aliphatic heterocycles. The third kappa shape index (κ3) is 3.82. The summed E-state index contributed by atoms with van der Waals surface area (Å²) in [5.41, 5.74) is 0.564. The van der Waals surface area contributed by atoms with Gasteiger partial charge in [-0.1, -0.05) is 30.9 Å². The van der Waals surface area contributed by atoms with Crippen LogP contribution in [0.15, 0.2) is 49.2 Å². The second-order valence-corrected chi connectivity index (χ2v) is 4.39. The molecule has 0 amide bonds. The molecule has 1 N–H and O–H groups in total. The van der Waals surface area contributed by atoms with Gasteiger partial charge in [0.2, 0.25) is 0 Å². The summed E-state index contributed by atoms with van der Waals surface area (Å²) in [4.78, 5) is 7.99. The number of halogens is 3. The van der Waals surface area contributed by atoms with Gasteiger partial charge in [-0.05, 0) is 17.7 Å². The van der Waals surface area contributed by atoms with Crippen molar-refractivity contribution in [2.45, 2.75) is 12.3 Å². The molecule has 22 heavy (non-hydrogen) atoms. The van der Waals surface area contributed by atoms with Gasteiger partial charge in [-0.15, -0.1) is 0 Å². The number of aromatic nitrogens is 2. The highest BCUT2D eigenvalue weighted by atomic mass is 19.4. The molecule has 7 heteroatoms. The second kappa shape index (κ2) is 6.57. The van der Waals surface area contributed by atoms with E-state index in [0.29, 0.717) is 11.3 Å². The topological polar surface area (TPSA) is 55.2 Å². The largest absolute Gasteiger partial charge is 0.459 e. The molecule has 116 valence electrons. The highest BCUT2D eigenvalue weighted by Crippen LogP contribution is 2.33. The first kappa shape index (κ1) is 16.0. The van der Waals surface area contributed by atoms with Crippen molar-refractivity contribution in [3.63, 3.8) is 0 Å². The molecule has 4 nitrogen and oxygen atoms in total.